The molecule has 1 fully saturated rings. The predicted molar refractivity (Wildman–Crippen MR) is 96.1 cm³/mol. The quantitative estimate of drug-likeness (QED) is 0.798. The van der Waals surface area contributed by atoms with Gasteiger partial charge < -0.3 is 9.88 Å². The van der Waals surface area contributed by atoms with Crippen LogP contribution in [-0.4, -0.2) is 38.8 Å². The molecule has 1 amide bonds. The Morgan fingerprint density at radius 3 is 2.80 bits per heavy atom. The maximum atomic E-state index is 12.7. The lowest BCUT2D eigenvalue weighted by Crippen LogP contribution is -2.39. The van der Waals surface area contributed by atoms with Crippen LogP contribution in [0.5, 0.6) is 0 Å². The summed E-state index contributed by atoms with van der Waals surface area (Å²) in [6, 6.07) is 13.8. The zero-order valence-electron chi connectivity index (χ0n) is 13.9. The van der Waals surface area contributed by atoms with Gasteiger partial charge in [-0.2, -0.15) is 0 Å². The largest absolute Gasteiger partial charge is 0.342 e. The van der Waals surface area contributed by atoms with Crippen molar-refractivity contribution in [2.24, 2.45) is 0 Å². The fraction of sp³-hybridized carbons (Fsp3) is 0.250. The number of piperidine rings is 1. The summed E-state index contributed by atoms with van der Waals surface area (Å²) in [5.74, 6) is 1.25. The first kappa shape index (κ1) is 15.6. The number of hydrogen-bond donors (Lipinski definition) is 1. The molecule has 126 valence electrons. The molecule has 1 N–H and O–H groups in total. The Balaban J connectivity index is 1.50. The molecule has 1 aliphatic heterocycles. The van der Waals surface area contributed by atoms with E-state index in [9.17, 15) is 4.79 Å². The Morgan fingerprint density at radius 1 is 1.12 bits per heavy atom. The number of aromatic amines is 1. The second-order valence-corrected chi connectivity index (χ2v) is 6.38. The summed E-state index contributed by atoms with van der Waals surface area (Å²) >= 11 is 0. The molecule has 1 aromatic carbocycles. The highest BCUT2D eigenvalue weighted by Crippen LogP contribution is 2.27. The summed E-state index contributed by atoms with van der Waals surface area (Å²) in [6.07, 6.45) is 7.22. The molecule has 0 unspecified atom stereocenters. The van der Waals surface area contributed by atoms with Gasteiger partial charge >= 0.3 is 0 Å². The van der Waals surface area contributed by atoms with E-state index in [-0.39, 0.29) is 11.8 Å². The number of hydrogen-bond acceptors (Lipinski definition) is 3. The zero-order valence-corrected chi connectivity index (χ0v) is 13.9. The van der Waals surface area contributed by atoms with E-state index >= 15 is 0 Å². The van der Waals surface area contributed by atoms with E-state index in [0.717, 1.165) is 36.5 Å². The van der Waals surface area contributed by atoms with E-state index in [1.807, 2.05) is 35.4 Å². The number of H-pyrrole nitrogens is 1. The zero-order chi connectivity index (χ0) is 17.1. The fourth-order valence-electron chi connectivity index (χ4n) is 3.37. The van der Waals surface area contributed by atoms with Crippen molar-refractivity contribution in [1.82, 2.24) is 19.9 Å². The van der Waals surface area contributed by atoms with Crippen LogP contribution < -0.4 is 0 Å². The molecule has 0 bridgehead atoms. The lowest BCUT2D eigenvalue weighted by Gasteiger charge is -2.31. The molecular weight excluding hydrogens is 312 g/mol. The average molecular weight is 332 g/mol. The first-order valence-corrected chi connectivity index (χ1v) is 8.61. The summed E-state index contributed by atoms with van der Waals surface area (Å²) in [6.45, 7) is 1.48. The minimum absolute atomic E-state index is 0.0487. The molecule has 3 heterocycles. The molecule has 4 rings (SSSR count). The number of aromatic nitrogens is 3. The highest BCUT2D eigenvalue weighted by atomic mass is 16.2. The van der Waals surface area contributed by atoms with E-state index in [2.05, 4.69) is 27.1 Å². The van der Waals surface area contributed by atoms with Crippen LogP contribution in [0.15, 0.2) is 61.1 Å². The van der Waals surface area contributed by atoms with Crippen molar-refractivity contribution < 1.29 is 4.79 Å². The maximum absolute atomic E-state index is 12.7. The minimum Gasteiger partial charge on any atom is -0.342 e. The smallest absolute Gasteiger partial charge is 0.255 e. The van der Waals surface area contributed by atoms with Crippen LogP contribution in [0.3, 0.4) is 0 Å². The van der Waals surface area contributed by atoms with Gasteiger partial charge in [0.2, 0.25) is 0 Å². The van der Waals surface area contributed by atoms with Crippen molar-refractivity contribution in [3.05, 3.63) is 72.4 Å². The molecule has 5 heteroatoms. The van der Waals surface area contributed by atoms with Gasteiger partial charge in [0, 0.05) is 31.4 Å². The van der Waals surface area contributed by atoms with Gasteiger partial charge in [-0.3, -0.25) is 9.78 Å². The van der Waals surface area contributed by atoms with Crippen LogP contribution in [0.2, 0.25) is 0 Å². The molecule has 0 saturated carbocycles. The molecule has 0 radical (unpaired) electrons. The molecular formula is C20H20N4O. The van der Waals surface area contributed by atoms with Gasteiger partial charge in [-0.15, -0.1) is 0 Å². The van der Waals surface area contributed by atoms with Gasteiger partial charge in [-0.05, 0) is 30.5 Å². The van der Waals surface area contributed by atoms with E-state index < -0.39 is 0 Å². The number of nitrogens with one attached hydrogen (secondary N) is 1. The summed E-state index contributed by atoms with van der Waals surface area (Å²) in [5.41, 5.74) is 2.79. The Kier molecular flexibility index (Phi) is 4.29. The van der Waals surface area contributed by atoms with Crippen LogP contribution >= 0.6 is 0 Å². The average Bonchev–Trinajstić information content (AvgIpc) is 3.19. The fourth-order valence-corrected chi connectivity index (χ4v) is 3.37. The third-order valence-corrected chi connectivity index (χ3v) is 4.68. The molecule has 3 aromatic rings. The van der Waals surface area contributed by atoms with Gasteiger partial charge in [-0.25, -0.2) is 4.98 Å². The summed E-state index contributed by atoms with van der Waals surface area (Å²) < 4.78 is 0. The topological polar surface area (TPSA) is 61.9 Å². The molecule has 2 aromatic heterocycles. The Morgan fingerprint density at radius 2 is 2.00 bits per heavy atom. The third-order valence-electron chi connectivity index (χ3n) is 4.68. The number of nitrogens with zero attached hydrogens (tertiary/aromatic N) is 3. The number of pyridine rings is 1. The van der Waals surface area contributed by atoms with E-state index in [4.69, 9.17) is 0 Å². The number of likely N-dealkylation sites (tertiary alicyclic amines) is 1. The number of carbonyl (C=O) groups excluding carboxylic acids is 1. The summed E-state index contributed by atoms with van der Waals surface area (Å²) in [5, 5.41) is 0. The lowest BCUT2D eigenvalue weighted by molar-refractivity contribution is 0.0704. The molecule has 0 spiro atoms. The number of imidazole rings is 1. The SMILES string of the molecule is O=C(c1cccnc1)N1CCC[C@H](c2ncc(-c3ccccc3)[nH]2)C1. The van der Waals surface area contributed by atoms with Gasteiger partial charge in [0.25, 0.3) is 5.91 Å². The number of benzene rings is 1. The van der Waals surface area contributed by atoms with Gasteiger partial charge in [0.05, 0.1) is 17.5 Å². The second kappa shape index (κ2) is 6.89. The van der Waals surface area contributed by atoms with Crippen LogP contribution in [0.1, 0.15) is 34.9 Å². The normalized spacial score (nSPS) is 17.4. The van der Waals surface area contributed by atoms with Crippen molar-refractivity contribution in [3.8, 4) is 11.3 Å². The summed E-state index contributed by atoms with van der Waals surface area (Å²) in [4.78, 5) is 26.6. The van der Waals surface area contributed by atoms with Crippen LogP contribution in [0, 0.1) is 0 Å². The van der Waals surface area contributed by atoms with Crippen molar-refractivity contribution in [1.29, 1.82) is 0 Å². The standard InChI is InChI=1S/C20H20N4O/c25-20(16-8-4-10-21-12-16)24-11-5-9-17(14-24)19-22-13-18(23-19)15-6-2-1-3-7-15/h1-4,6-8,10,12-13,17H,5,9,11,14H2,(H,22,23)/t17-/m0/s1. The van der Waals surface area contributed by atoms with Gasteiger partial charge in [0.15, 0.2) is 0 Å². The monoisotopic (exact) mass is 332 g/mol. The van der Waals surface area contributed by atoms with E-state index in [1.54, 1.807) is 18.5 Å². The molecule has 5 nitrogen and oxygen atoms in total. The Bertz CT molecular complexity index is 844. The first-order chi connectivity index (χ1) is 12.3. The lowest BCUT2D eigenvalue weighted by atomic mass is 9.97. The van der Waals surface area contributed by atoms with Gasteiger partial charge in [-0.1, -0.05) is 30.3 Å². The van der Waals surface area contributed by atoms with Crippen LogP contribution in [0.25, 0.3) is 11.3 Å². The molecule has 1 aliphatic rings. The maximum Gasteiger partial charge on any atom is 0.255 e. The molecule has 0 aliphatic carbocycles. The Hall–Kier alpha value is -2.95. The first-order valence-electron chi connectivity index (χ1n) is 8.61. The van der Waals surface area contributed by atoms with Gasteiger partial charge in [0.1, 0.15) is 5.82 Å². The second-order valence-electron chi connectivity index (χ2n) is 6.38. The Labute approximate surface area is 146 Å². The predicted octanol–water partition coefficient (Wildman–Crippen LogP) is 3.49. The number of rotatable bonds is 3. The van der Waals surface area contributed by atoms with Crippen molar-refractivity contribution >= 4 is 5.91 Å². The molecule has 1 saturated heterocycles. The summed E-state index contributed by atoms with van der Waals surface area (Å²) in [7, 11) is 0. The number of amides is 1. The van der Waals surface area contributed by atoms with E-state index in [1.165, 1.54) is 0 Å². The van der Waals surface area contributed by atoms with Crippen molar-refractivity contribution in [2.45, 2.75) is 18.8 Å². The molecule has 1 atom stereocenters. The van der Waals surface area contributed by atoms with Crippen molar-refractivity contribution in [3.63, 3.8) is 0 Å². The third kappa shape index (κ3) is 3.31. The van der Waals surface area contributed by atoms with Crippen LogP contribution in [0.4, 0.5) is 0 Å². The van der Waals surface area contributed by atoms with Crippen LogP contribution in [-0.2, 0) is 0 Å². The molecule has 25 heavy (non-hydrogen) atoms. The number of carbonyl (C=O) groups is 1. The highest BCUT2D eigenvalue weighted by molar-refractivity contribution is 5.94. The highest BCUT2D eigenvalue weighted by Gasteiger charge is 2.27. The minimum atomic E-state index is 0.0487. The van der Waals surface area contributed by atoms with Crippen molar-refractivity contribution in [2.75, 3.05) is 13.1 Å². The van der Waals surface area contributed by atoms with E-state index in [0.29, 0.717) is 12.1 Å².